The third-order valence-corrected chi connectivity index (χ3v) is 1.10. The average Bonchev–Trinajstić information content (AvgIpc) is 1.80. The van der Waals surface area contributed by atoms with E-state index in [1.807, 2.05) is 0 Å². The molecule has 1 unspecified atom stereocenters. The van der Waals surface area contributed by atoms with Crippen molar-refractivity contribution in [1.82, 2.24) is 0 Å². The smallest absolute Gasteiger partial charge is 0.369 e. The molecule has 0 rings (SSSR count). The van der Waals surface area contributed by atoms with E-state index in [9.17, 15) is 13.2 Å². The standard InChI is InChI=1S/C6H11F3O/c1-3-5(10-4-2)6(7,8)9/h5H,3-4H2,1-2H3. The van der Waals surface area contributed by atoms with Crippen LogP contribution in [0.2, 0.25) is 0 Å². The fourth-order valence-electron chi connectivity index (χ4n) is 0.645. The summed E-state index contributed by atoms with van der Waals surface area (Å²) in [7, 11) is 0. The highest BCUT2D eigenvalue weighted by Crippen LogP contribution is 2.24. The molecule has 0 aliphatic carbocycles. The highest BCUT2D eigenvalue weighted by Gasteiger charge is 2.38. The lowest BCUT2D eigenvalue weighted by Gasteiger charge is -2.17. The summed E-state index contributed by atoms with van der Waals surface area (Å²) in [5, 5.41) is 0. The van der Waals surface area contributed by atoms with Crippen molar-refractivity contribution in [3.05, 3.63) is 0 Å². The first kappa shape index (κ1) is 9.75. The van der Waals surface area contributed by atoms with Crippen LogP contribution in [0, 0.1) is 0 Å². The van der Waals surface area contributed by atoms with Gasteiger partial charge in [0.2, 0.25) is 0 Å². The molecule has 0 saturated carbocycles. The molecule has 4 heteroatoms. The molecule has 10 heavy (non-hydrogen) atoms. The van der Waals surface area contributed by atoms with E-state index < -0.39 is 12.3 Å². The van der Waals surface area contributed by atoms with Gasteiger partial charge in [0.1, 0.15) is 0 Å². The Morgan fingerprint density at radius 3 is 1.90 bits per heavy atom. The Kier molecular flexibility index (Phi) is 3.71. The summed E-state index contributed by atoms with van der Waals surface area (Å²) in [5.41, 5.74) is 0. The number of alkyl halides is 3. The molecule has 0 saturated heterocycles. The van der Waals surface area contributed by atoms with Gasteiger partial charge in [-0.3, -0.25) is 0 Å². The van der Waals surface area contributed by atoms with Crippen molar-refractivity contribution in [3.63, 3.8) is 0 Å². The third-order valence-electron chi connectivity index (χ3n) is 1.10. The highest BCUT2D eigenvalue weighted by atomic mass is 19.4. The molecule has 0 aliphatic rings. The second-order valence-electron chi connectivity index (χ2n) is 1.89. The van der Waals surface area contributed by atoms with Gasteiger partial charge in [-0.25, -0.2) is 0 Å². The summed E-state index contributed by atoms with van der Waals surface area (Å²) in [6.45, 7) is 3.11. The minimum absolute atomic E-state index is 0.0165. The fraction of sp³-hybridized carbons (Fsp3) is 1.00. The van der Waals surface area contributed by atoms with Gasteiger partial charge in [0.25, 0.3) is 0 Å². The van der Waals surface area contributed by atoms with Crippen molar-refractivity contribution in [3.8, 4) is 0 Å². The van der Waals surface area contributed by atoms with E-state index in [2.05, 4.69) is 4.74 Å². The van der Waals surface area contributed by atoms with Crippen LogP contribution in [-0.2, 0) is 4.74 Å². The van der Waals surface area contributed by atoms with Crippen molar-refractivity contribution in [2.75, 3.05) is 6.61 Å². The van der Waals surface area contributed by atoms with Crippen LogP contribution in [0.3, 0.4) is 0 Å². The third kappa shape index (κ3) is 3.06. The predicted octanol–water partition coefficient (Wildman–Crippen LogP) is 2.36. The lowest BCUT2D eigenvalue weighted by molar-refractivity contribution is -0.219. The van der Waals surface area contributed by atoms with Gasteiger partial charge in [-0.2, -0.15) is 13.2 Å². The SMILES string of the molecule is CCOC(CC)C(F)(F)F. The summed E-state index contributed by atoms with van der Waals surface area (Å²) in [4.78, 5) is 0. The fourth-order valence-corrected chi connectivity index (χ4v) is 0.645. The van der Waals surface area contributed by atoms with E-state index in [1.165, 1.54) is 6.92 Å². The van der Waals surface area contributed by atoms with Gasteiger partial charge in [0.05, 0.1) is 0 Å². The van der Waals surface area contributed by atoms with Crippen LogP contribution in [-0.4, -0.2) is 18.9 Å². The highest BCUT2D eigenvalue weighted by molar-refractivity contribution is 4.64. The Bertz CT molecular complexity index is 89.5. The molecule has 0 aliphatic heterocycles. The summed E-state index contributed by atoms with van der Waals surface area (Å²) in [6, 6.07) is 0. The zero-order valence-corrected chi connectivity index (χ0v) is 6.03. The first-order valence-electron chi connectivity index (χ1n) is 3.20. The van der Waals surface area contributed by atoms with E-state index in [0.29, 0.717) is 0 Å². The maximum absolute atomic E-state index is 11.8. The topological polar surface area (TPSA) is 9.23 Å². The molecule has 0 aromatic rings. The molecule has 0 bridgehead atoms. The maximum atomic E-state index is 11.8. The van der Waals surface area contributed by atoms with Gasteiger partial charge in [-0.05, 0) is 13.3 Å². The van der Waals surface area contributed by atoms with Crippen LogP contribution in [0.5, 0.6) is 0 Å². The Balaban J connectivity index is 3.81. The van der Waals surface area contributed by atoms with Crippen molar-refractivity contribution in [2.45, 2.75) is 32.5 Å². The summed E-state index contributed by atoms with van der Waals surface area (Å²) in [6.07, 6.45) is -5.81. The lowest BCUT2D eigenvalue weighted by atomic mass is 10.3. The van der Waals surface area contributed by atoms with E-state index in [4.69, 9.17) is 0 Å². The molecular formula is C6H11F3O. The first-order valence-corrected chi connectivity index (χ1v) is 3.20. The molecule has 1 atom stereocenters. The predicted molar refractivity (Wildman–Crippen MR) is 31.8 cm³/mol. The van der Waals surface area contributed by atoms with Crippen LogP contribution < -0.4 is 0 Å². The van der Waals surface area contributed by atoms with Gasteiger partial charge >= 0.3 is 6.18 Å². The van der Waals surface area contributed by atoms with E-state index >= 15 is 0 Å². The van der Waals surface area contributed by atoms with E-state index in [-0.39, 0.29) is 13.0 Å². The average molecular weight is 156 g/mol. The van der Waals surface area contributed by atoms with E-state index in [0.717, 1.165) is 0 Å². The van der Waals surface area contributed by atoms with Gasteiger partial charge < -0.3 is 4.74 Å². The van der Waals surface area contributed by atoms with Gasteiger partial charge in [-0.15, -0.1) is 0 Å². The zero-order valence-electron chi connectivity index (χ0n) is 6.03. The van der Waals surface area contributed by atoms with E-state index in [1.54, 1.807) is 6.92 Å². The minimum Gasteiger partial charge on any atom is -0.369 e. The van der Waals surface area contributed by atoms with Gasteiger partial charge in [-0.1, -0.05) is 6.92 Å². The number of hydrogen-bond acceptors (Lipinski definition) is 1. The van der Waals surface area contributed by atoms with Crippen molar-refractivity contribution in [2.24, 2.45) is 0 Å². The summed E-state index contributed by atoms with van der Waals surface area (Å²) < 4.78 is 39.8. The molecule has 0 spiro atoms. The summed E-state index contributed by atoms with van der Waals surface area (Å²) in [5.74, 6) is 0. The van der Waals surface area contributed by atoms with Crippen LogP contribution in [0.4, 0.5) is 13.2 Å². The first-order chi connectivity index (χ1) is 4.52. The second kappa shape index (κ2) is 3.81. The maximum Gasteiger partial charge on any atom is 0.414 e. The Labute approximate surface area is 58.2 Å². The molecule has 0 N–H and O–H groups in total. The lowest BCUT2D eigenvalue weighted by Crippen LogP contribution is -2.30. The molecule has 0 aromatic heterocycles. The molecule has 0 aromatic carbocycles. The normalized spacial score (nSPS) is 15.3. The Hall–Kier alpha value is -0.250. The molecule has 62 valence electrons. The number of rotatable bonds is 3. The molecule has 1 nitrogen and oxygen atoms in total. The summed E-state index contributed by atoms with van der Waals surface area (Å²) >= 11 is 0. The molecule has 0 amide bonds. The quantitative estimate of drug-likeness (QED) is 0.609. The molecule has 0 fully saturated rings. The second-order valence-corrected chi connectivity index (χ2v) is 1.89. The monoisotopic (exact) mass is 156 g/mol. The molecule has 0 heterocycles. The Morgan fingerprint density at radius 1 is 1.30 bits per heavy atom. The number of halogens is 3. The van der Waals surface area contributed by atoms with Crippen LogP contribution in [0.15, 0.2) is 0 Å². The van der Waals surface area contributed by atoms with Crippen LogP contribution in [0.25, 0.3) is 0 Å². The Morgan fingerprint density at radius 2 is 1.80 bits per heavy atom. The minimum atomic E-state index is -4.20. The van der Waals surface area contributed by atoms with Gasteiger partial charge in [0.15, 0.2) is 6.10 Å². The van der Waals surface area contributed by atoms with Gasteiger partial charge in [0, 0.05) is 6.61 Å². The van der Waals surface area contributed by atoms with Crippen molar-refractivity contribution >= 4 is 0 Å². The van der Waals surface area contributed by atoms with Crippen molar-refractivity contribution < 1.29 is 17.9 Å². The number of hydrogen-bond donors (Lipinski definition) is 0. The van der Waals surface area contributed by atoms with Crippen LogP contribution >= 0.6 is 0 Å². The van der Waals surface area contributed by atoms with Crippen LogP contribution in [0.1, 0.15) is 20.3 Å². The number of ether oxygens (including phenoxy) is 1. The van der Waals surface area contributed by atoms with Crippen molar-refractivity contribution in [1.29, 1.82) is 0 Å². The largest absolute Gasteiger partial charge is 0.414 e. The molecule has 0 radical (unpaired) electrons. The molecular weight excluding hydrogens is 145 g/mol. The zero-order chi connectivity index (χ0) is 8.20.